The van der Waals surface area contributed by atoms with Crippen molar-refractivity contribution in [3.63, 3.8) is 0 Å². The smallest absolute Gasteiger partial charge is 0.319 e. The fourth-order valence-electron chi connectivity index (χ4n) is 0.815. The molecule has 0 spiro atoms. The SMILES string of the molecule is CCCCNC(=O)Nc1ccns1. The van der Waals surface area contributed by atoms with Gasteiger partial charge >= 0.3 is 6.03 Å². The van der Waals surface area contributed by atoms with Crippen molar-refractivity contribution in [1.82, 2.24) is 9.69 Å². The van der Waals surface area contributed by atoms with Gasteiger partial charge < -0.3 is 5.32 Å². The monoisotopic (exact) mass is 199 g/mol. The van der Waals surface area contributed by atoms with Gasteiger partial charge in [0.05, 0.1) is 0 Å². The van der Waals surface area contributed by atoms with E-state index in [-0.39, 0.29) is 6.03 Å². The molecule has 0 aromatic carbocycles. The predicted molar refractivity (Wildman–Crippen MR) is 54.0 cm³/mol. The summed E-state index contributed by atoms with van der Waals surface area (Å²) in [4.78, 5) is 11.1. The van der Waals surface area contributed by atoms with Crippen molar-refractivity contribution in [2.75, 3.05) is 11.9 Å². The van der Waals surface area contributed by atoms with Crippen LogP contribution >= 0.6 is 11.5 Å². The molecule has 0 aliphatic rings. The Bertz CT molecular complexity index is 248. The predicted octanol–water partition coefficient (Wildman–Crippen LogP) is 2.06. The first-order valence-corrected chi connectivity index (χ1v) is 5.06. The summed E-state index contributed by atoms with van der Waals surface area (Å²) < 4.78 is 3.87. The van der Waals surface area contributed by atoms with Crippen LogP contribution in [-0.2, 0) is 0 Å². The topological polar surface area (TPSA) is 54.0 Å². The van der Waals surface area contributed by atoms with Crippen LogP contribution in [0.2, 0.25) is 0 Å². The maximum atomic E-state index is 11.1. The number of rotatable bonds is 4. The van der Waals surface area contributed by atoms with Gasteiger partial charge in [0.1, 0.15) is 5.00 Å². The number of carbonyl (C=O) groups excluding carboxylic acids is 1. The van der Waals surface area contributed by atoms with E-state index in [1.807, 2.05) is 0 Å². The number of urea groups is 1. The molecule has 0 bridgehead atoms. The number of hydrogen-bond donors (Lipinski definition) is 2. The summed E-state index contributed by atoms with van der Waals surface area (Å²) in [5, 5.41) is 6.21. The Hall–Kier alpha value is -1.10. The number of nitrogens with one attached hydrogen (secondary N) is 2. The Morgan fingerprint density at radius 3 is 3.15 bits per heavy atom. The highest BCUT2D eigenvalue weighted by molar-refractivity contribution is 7.10. The quantitative estimate of drug-likeness (QED) is 0.729. The lowest BCUT2D eigenvalue weighted by Crippen LogP contribution is -2.29. The van der Waals surface area contributed by atoms with Crippen molar-refractivity contribution in [3.8, 4) is 0 Å². The van der Waals surface area contributed by atoms with Crippen LogP contribution in [0.5, 0.6) is 0 Å². The highest BCUT2D eigenvalue weighted by Crippen LogP contribution is 2.10. The molecule has 1 rings (SSSR count). The Morgan fingerprint density at radius 1 is 1.69 bits per heavy atom. The van der Waals surface area contributed by atoms with Crippen LogP contribution in [0.25, 0.3) is 0 Å². The van der Waals surface area contributed by atoms with Crippen LogP contribution in [0, 0.1) is 0 Å². The molecule has 0 aliphatic heterocycles. The molecule has 0 radical (unpaired) electrons. The number of unbranched alkanes of at least 4 members (excludes halogenated alkanes) is 1. The largest absolute Gasteiger partial charge is 0.338 e. The Labute approximate surface area is 81.5 Å². The van der Waals surface area contributed by atoms with Crippen LogP contribution in [-0.4, -0.2) is 16.9 Å². The average Bonchev–Trinajstić information content (AvgIpc) is 2.57. The van der Waals surface area contributed by atoms with Gasteiger partial charge in [-0.05, 0) is 24.0 Å². The highest BCUT2D eigenvalue weighted by Gasteiger charge is 2.00. The van der Waals surface area contributed by atoms with Crippen molar-refractivity contribution < 1.29 is 4.79 Å². The molecular formula is C8H13N3OS. The third-order valence-corrected chi connectivity index (χ3v) is 2.15. The average molecular weight is 199 g/mol. The lowest BCUT2D eigenvalue weighted by Gasteiger charge is -2.03. The van der Waals surface area contributed by atoms with Gasteiger partial charge in [-0.25, -0.2) is 4.79 Å². The van der Waals surface area contributed by atoms with Crippen LogP contribution in [0.15, 0.2) is 12.3 Å². The van der Waals surface area contributed by atoms with Crippen LogP contribution < -0.4 is 10.6 Å². The molecule has 0 fully saturated rings. The van der Waals surface area contributed by atoms with Gasteiger partial charge in [0.15, 0.2) is 0 Å². The molecular weight excluding hydrogens is 186 g/mol. The molecule has 2 amide bonds. The van der Waals surface area contributed by atoms with E-state index in [9.17, 15) is 4.79 Å². The van der Waals surface area contributed by atoms with Crippen molar-refractivity contribution >= 4 is 22.6 Å². The number of amides is 2. The first-order chi connectivity index (χ1) is 6.33. The summed E-state index contributed by atoms with van der Waals surface area (Å²) in [6.07, 6.45) is 3.75. The van der Waals surface area contributed by atoms with Crippen LogP contribution in [0.4, 0.5) is 9.80 Å². The molecule has 0 aliphatic carbocycles. The lowest BCUT2D eigenvalue weighted by molar-refractivity contribution is 0.252. The second-order valence-electron chi connectivity index (χ2n) is 2.61. The molecule has 0 unspecified atom stereocenters. The van der Waals surface area contributed by atoms with Crippen LogP contribution in [0.3, 0.4) is 0 Å². The Morgan fingerprint density at radius 2 is 2.54 bits per heavy atom. The highest BCUT2D eigenvalue weighted by atomic mass is 32.1. The van der Waals surface area contributed by atoms with E-state index in [1.165, 1.54) is 11.5 Å². The van der Waals surface area contributed by atoms with Crippen molar-refractivity contribution in [3.05, 3.63) is 12.3 Å². The van der Waals surface area contributed by atoms with Crippen molar-refractivity contribution in [1.29, 1.82) is 0 Å². The first-order valence-electron chi connectivity index (χ1n) is 4.28. The molecule has 4 nitrogen and oxygen atoms in total. The summed E-state index contributed by atoms with van der Waals surface area (Å²) in [5.41, 5.74) is 0. The molecule has 0 atom stereocenters. The Kier molecular flexibility index (Phi) is 4.25. The molecule has 2 N–H and O–H groups in total. The summed E-state index contributed by atoms with van der Waals surface area (Å²) in [7, 11) is 0. The maximum absolute atomic E-state index is 11.1. The zero-order valence-corrected chi connectivity index (χ0v) is 8.36. The first kappa shape index (κ1) is 9.98. The zero-order chi connectivity index (χ0) is 9.52. The van der Waals surface area contributed by atoms with Gasteiger partial charge in [0.25, 0.3) is 0 Å². The standard InChI is InChI=1S/C8H13N3OS/c1-2-3-5-9-8(12)11-7-4-6-10-13-7/h4,6H,2-3,5H2,1H3,(H2,9,11,12). The molecule has 1 heterocycles. The van der Waals surface area contributed by atoms with Crippen molar-refractivity contribution in [2.45, 2.75) is 19.8 Å². The maximum Gasteiger partial charge on any atom is 0.319 e. The molecule has 1 aromatic heterocycles. The lowest BCUT2D eigenvalue weighted by atomic mass is 10.3. The van der Waals surface area contributed by atoms with Crippen molar-refractivity contribution in [2.24, 2.45) is 0 Å². The minimum atomic E-state index is -0.155. The third-order valence-electron chi connectivity index (χ3n) is 1.49. The number of hydrogen-bond acceptors (Lipinski definition) is 3. The Balaban J connectivity index is 2.18. The number of anilines is 1. The second kappa shape index (κ2) is 5.53. The van der Waals surface area contributed by atoms with Gasteiger partial charge in [0, 0.05) is 12.7 Å². The number of aromatic nitrogens is 1. The van der Waals surface area contributed by atoms with E-state index in [2.05, 4.69) is 21.9 Å². The van der Waals surface area contributed by atoms with E-state index in [1.54, 1.807) is 12.3 Å². The van der Waals surface area contributed by atoms with Crippen LogP contribution in [0.1, 0.15) is 19.8 Å². The minimum Gasteiger partial charge on any atom is -0.338 e. The fourth-order valence-corrected chi connectivity index (χ4v) is 1.31. The van der Waals surface area contributed by atoms with Gasteiger partial charge in [-0.2, -0.15) is 4.37 Å². The van der Waals surface area contributed by atoms with Gasteiger partial charge in [-0.1, -0.05) is 13.3 Å². The molecule has 0 saturated heterocycles. The molecule has 0 saturated carbocycles. The van der Waals surface area contributed by atoms with E-state index in [0.29, 0.717) is 0 Å². The van der Waals surface area contributed by atoms with Gasteiger partial charge in [-0.15, -0.1) is 0 Å². The third kappa shape index (κ3) is 3.89. The number of carbonyl (C=O) groups is 1. The summed E-state index contributed by atoms with van der Waals surface area (Å²) >= 11 is 1.27. The van der Waals surface area contributed by atoms with E-state index >= 15 is 0 Å². The normalized spacial score (nSPS) is 9.62. The summed E-state index contributed by atoms with van der Waals surface area (Å²) in [6, 6.07) is 1.61. The van der Waals surface area contributed by atoms with E-state index in [4.69, 9.17) is 0 Å². The summed E-state index contributed by atoms with van der Waals surface area (Å²) in [5.74, 6) is 0. The van der Waals surface area contributed by atoms with E-state index in [0.717, 1.165) is 24.4 Å². The van der Waals surface area contributed by atoms with Gasteiger partial charge in [-0.3, -0.25) is 5.32 Å². The molecule has 5 heteroatoms. The number of nitrogens with zero attached hydrogens (tertiary/aromatic N) is 1. The van der Waals surface area contributed by atoms with E-state index < -0.39 is 0 Å². The molecule has 13 heavy (non-hydrogen) atoms. The molecule has 1 aromatic rings. The fraction of sp³-hybridized carbons (Fsp3) is 0.500. The zero-order valence-electron chi connectivity index (χ0n) is 7.54. The second-order valence-corrected chi connectivity index (χ2v) is 3.44. The molecule has 72 valence electrons. The summed E-state index contributed by atoms with van der Waals surface area (Å²) in [6.45, 7) is 2.81. The minimum absolute atomic E-state index is 0.155. The van der Waals surface area contributed by atoms with Gasteiger partial charge in [0.2, 0.25) is 0 Å².